The van der Waals surface area contributed by atoms with Crippen molar-refractivity contribution in [3.8, 4) is 16.9 Å². The van der Waals surface area contributed by atoms with E-state index in [2.05, 4.69) is 21.2 Å². The number of H-pyrrole nitrogens is 1. The largest absolute Gasteiger partial charge is 0.492 e. The van der Waals surface area contributed by atoms with Crippen molar-refractivity contribution < 1.29 is 9.47 Å². The van der Waals surface area contributed by atoms with E-state index >= 15 is 0 Å². The molecule has 0 unspecified atom stereocenters. The van der Waals surface area contributed by atoms with Crippen molar-refractivity contribution >= 4 is 0 Å². The van der Waals surface area contributed by atoms with Gasteiger partial charge in [-0.15, -0.1) is 0 Å². The maximum atomic E-state index is 5.82. The highest BCUT2D eigenvalue weighted by molar-refractivity contribution is 5.66. The number of nitrogens with one attached hydrogen (secondary N) is 1. The van der Waals surface area contributed by atoms with Crippen LogP contribution in [0.1, 0.15) is 5.69 Å². The zero-order valence-electron chi connectivity index (χ0n) is 12.3. The number of hydrogen-bond donors (Lipinski definition) is 1. The molecule has 5 heteroatoms. The van der Waals surface area contributed by atoms with Crippen LogP contribution in [0.25, 0.3) is 11.1 Å². The van der Waals surface area contributed by atoms with E-state index in [9.17, 15) is 0 Å². The van der Waals surface area contributed by atoms with Gasteiger partial charge in [-0.3, -0.25) is 10.00 Å². The summed E-state index contributed by atoms with van der Waals surface area (Å²) in [5.41, 5.74) is 3.18. The number of rotatable bonds is 5. The van der Waals surface area contributed by atoms with Gasteiger partial charge < -0.3 is 9.47 Å². The van der Waals surface area contributed by atoms with E-state index in [4.69, 9.17) is 9.47 Å². The Morgan fingerprint density at radius 2 is 2.29 bits per heavy atom. The molecule has 0 amide bonds. The zero-order valence-corrected chi connectivity index (χ0v) is 12.3. The molecule has 0 atom stereocenters. The van der Waals surface area contributed by atoms with Crippen molar-refractivity contribution in [2.45, 2.75) is 6.92 Å². The fraction of sp³-hybridized carbons (Fsp3) is 0.438. The number of morpholine rings is 1. The molecule has 1 saturated heterocycles. The van der Waals surface area contributed by atoms with Gasteiger partial charge in [0, 0.05) is 37.5 Å². The van der Waals surface area contributed by atoms with E-state index in [1.165, 1.54) is 0 Å². The SMILES string of the molecule is Cc1n[nH]cc1-c1cc[c]c(OCCN2CCOCC2)c1. The Morgan fingerprint density at radius 1 is 1.43 bits per heavy atom. The number of aryl methyl sites for hydroxylation is 1. The Labute approximate surface area is 124 Å². The van der Waals surface area contributed by atoms with Gasteiger partial charge in [-0.25, -0.2) is 0 Å². The summed E-state index contributed by atoms with van der Waals surface area (Å²) < 4.78 is 11.2. The Hall–Kier alpha value is -1.85. The molecule has 3 rings (SSSR count). The van der Waals surface area contributed by atoms with E-state index in [1.54, 1.807) is 0 Å². The van der Waals surface area contributed by atoms with Gasteiger partial charge in [0.25, 0.3) is 0 Å². The molecular formula is C16H20N3O2. The molecule has 1 aliphatic rings. The minimum absolute atomic E-state index is 0.671. The summed E-state index contributed by atoms with van der Waals surface area (Å²) in [5, 5.41) is 7.03. The molecule has 0 aliphatic carbocycles. The molecule has 1 radical (unpaired) electrons. The molecule has 1 N–H and O–H groups in total. The van der Waals surface area contributed by atoms with E-state index < -0.39 is 0 Å². The van der Waals surface area contributed by atoms with Crippen molar-refractivity contribution in [3.63, 3.8) is 0 Å². The number of ether oxygens (including phenoxy) is 2. The fourth-order valence-corrected chi connectivity index (χ4v) is 2.46. The summed E-state index contributed by atoms with van der Waals surface area (Å²) in [5.74, 6) is 0.779. The van der Waals surface area contributed by atoms with Crippen molar-refractivity contribution in [2.24, 2.45) is 0 Å². The lowest BCUT2D eigenvalue weighted by molar-refractivity contribution is 0.0322. The molecule has 1 fully saturated rings. The Balaban J connectivity index is 1.57. The third-order valence-electron chi connectivity index (χ3n) is 3.69. The van der Waals surface area contributed by atoms with Crippen LogP contribution in [0.4, 0.5) is 0 Å². The van der Waals surface area contributed by atoms with Crippen LogP contribution in [0.3, 0.4) is 0 Å². The van der Waals surface area contributed by atoms with Gasteiger partial charge in [-0.05, 0) is 24.6 Å². The summed E-state index contributed by atoms with van der Waals surface area (Å²) in [7, 11) is 0. The Bertz CT molecular complexity index is 576. The average Bonchev–Trinajstić information content (AvgIpc) is 2.95. The van der Waals surface area contributed by atoms with Gasteiger partial charge in [0.1, 0.15) is 12.4 Å². The highest BCUT2D eigenvalue weighted by Gasteiger charge is 2.10. The standard InChI is InChI=1S/C16H20N3O2/c1-13-16(12-17-18-13)14-3-2-4-15(11-14)21-10-7-19-5-8-20-9-6-19/h2-3,11-12H,5-10H2,1H3,(H,17,18). The lowest BCUT2D eigenvalue weighted by Gasteiger charge is -2.26. The molecule has 2 aromatic rings. The van der Waals surface area contributed by atoms with Crippen molar-refractivity contribution in [3.05, 3.63) is 36.2 Å². The minimum Gasteiger partial charge on any atom is -0.492 e. The molecule has 1 aromatic heterocycles. The third-order valence-corrected chi connectivity index (χ3v) is 3.69. The second kappa shape index (κ2) is 6.74. The van der Waals surface area contributed by atoms with Crippen molar-refractivity contribution in [1.82, 2.24) is 15.1 Å². The van der Waals surface area contributed by atoms with Crippen LogP contribution in [0.15, 0.2) is 24.4 Å². The van der Waals surface area contributed by atoms with Crippen molar-refractivity contribution in [1.29, 1.82) is 0 Å². The van der Waals surface area contributed by atoms with E-state index in [1.807, 2.05) is 31.3 Å². The molecule has 5 nitrogen and oxygen atoms in total. The smallest absolute Gasteiger partial charge is 0.127 e. The molecule has 2 heterocycles. The summed E-state index contributed by atoms with van der Waals surface area (Å²) in [4.78, 5) is 2.35. The maximum Gasteiger partial charge on any atom is 0.127 e. The predicted molar refractivity (Wildman–Crippen MR) is 80.4 cm³/mol. The normalized spacial score (nSPS) is 16.0. The van der Waals surface area contributed by atoms with E-state index in [-0.39, 0.29) is 0 Å². The quantitative estimate of drug-likeness (QED) is 0.912. The highest BCUT2D eigenvalue weighted by Crippen LogP contribution is 2.24. The predicted octanol–water partition coefficient (Wildman–Crippen LogP) is 1.90. The molecule has 0 saturated carbocycles. The van der Waals surface area contributed by atoms with Gasteiger partial charge in [-0.2, -0.15) is 5.10 Å². The van der Waals surface area contributed by atoms with Crippen LogP contribution < -0.4 is 4.74 Å². The van der Waals surface area contributed by atoms with Crippen LogP contribution in [0.5, 0.6) is 5.75 Å². The van der Waals surface area contributed by atoms with Gasteiger partial charge in [0.15, 0.2) is 0 Å². The lowest BCUT2D eigenvalue weighted by atomic mass is 10.1. The van der Waals surface area contributed by atoms with Crippen LogP contribution in [0, 0.1) is 13.0 Å². The summed E-state index contributed by atoms with van der Waals surface area (Å²) in [6, 6.07) is 9.06. The van der Waals surface area contributed by atoms with Crippen LogP contribution in [-0.2, 0) is 4.74 Å². The number of aromatic nitrogens is 2. The first-order valence-corrected chi connectivity index (χ1v) is 7.28. The summed E-state index contributed by atoms with van der Waals surface area (Å²) in [6.45, 7) is 7.20. The van der Waals surface area contributed by atoms with Crippen LogP contribution in [-0.4, -0.2) is 54.6 Å². The maximum absolute atomic E-state index is 5.82. The number of benzene rings is 1. The van der Waals surface area contributed by atoms with Crippen molar-refractivity contribution in [2.75, 3.05) is 39.5 Å². The van der Waals surface area contributed by atoms with Crippen LogP contribution in [0.2, 0.25) is 0 Å². The van der Waals surface area contributed by atoms with E-state index in [0.29, 0.717) is 6.61 Å². The fourth-order valence-electron chi connectivity index (χ4n) is 2.46. The molecule has 0 spiro atoms. The first kappa shape index (κ1) is 14.1. The molecule has 21 heavy (non-hydrogen) atoms. The van der Waals surface area contributed by atoms with Gasteiger partial charge in [0.05, 0.1) is 18.9 Å². The molecule has 1 aromatic carbocycles. The second-order valence-electron chi connectivity index (χ2n) is 5.13. The van der Waals surface area contributed by atoms with E-state index in [0.717, 1.165) is 55.4 Å². The first-order chi connectivity index (χ1) is 10.3. The number of hydrogen-bond acceptors (Lipinski definition) is 4. The third kappa shape index (κ3) is 3.62. The lowest BCUT2D eigenvalue weighted by Crippen LogP contribution is -2.38. The molecule has 0 bridgehead atoms. The highest BCUT2D eigenvalue weighted by atomic mass is 16.5. The molecule has 111 valence electrons. The second-order valence-corrected chi connectivity index (χ2v) is 5.13. The molecule has 1 aliphatic heterocycles. The van der Waals surface area contributed by atoms with Gasteiger partial charge in [0.2, 0.25) is 0 Å². The summed E-state index contributed by atoms with van der Waals surface area (Å²) in [6.07, 6.45) is 1.90. The average molecular weight is 286 g/mol. The Morgan fingerprint density at radius 3 is 3.05 bits per heavy atom. The van der Waals surface area contributed by atoms with Gasteiger partial charge in [-0.1, -0.05) is 6.07 Å². The van der Waals surface area contributed by atoms with Crippen LogP contribution >= 0.6 is 0 Å². The topological polar surface area (TPSA) is 50.4 Å². The summed E-state index contributed by atoms with van der Waals surface area (Å²) >= 11 is 0. The number of aromatic amines is 1. The molecular weight excluding hydrogens is 266 g/mol. The first-order valence-electron chi connectivity index (χ1n) is 7.28. The van der Waals surface area contributed by atoms with Gasteiger partial charge >= 0.3 is 0 Å². The minimum atomic E-state index is 0.671. The zero-order chi connectivity index (χ0) is 14.5. The number of nitrogens with zero attached hydrogens (tertiary/aromatic N) is 2. The monoisotopic (exact) mass is 286 g/mol. The Kier molecular flexibility index (Phi) is 4.52.